The third-order valence-electron chi connectivity index (χ3n) is 3.79. The predicted molar refractivity (Wildman–Crippen MR) is 86.3 cm³/mol. The lowest BCUT2D eigenvalue weighted by Crippen LogP contribution is -2.35. The zero-order valence-electron chi connectivity index (χ0n) is 13.8. The summed E-state index contributed by atoms with van der Waals surface area (Å²) >= 11 is 0. The lowest BCUT2D eigenvalue weighted by molar-refractivity contribution is -0.137. The number of unbranched alkanes of at least 4 members (excludes halogenated alkanes) is 8. The molecule has 21 heavy (non-hydrogen) atoms. The summed E-state index contributed by atoms with van der Waals surface area (Å²) in [6.45, 7) is 4.12. The van der Waals surface area contributed by atoms with Gasteiger partial charge in [-0.25, -0.2) is 0 Å². The highest BCUT2D eigenvalue weighted by atomic mass is 16.4. The molecule has 0 saturated carbocycles. The molecule has 0 aliphatic rings. The van der Waals surface area contributed by atoms with Gasteiger partial charge in [-0.05, 0) is 12.8 Å². The molecule has 0 fully saturated rings. The monoisotopic (exact) mass is 299 g/mol. The molecule has 0 aromatic heterocycles. The van der Waals surface area contributed by atoms with Gasteiger partial charge in [-0.1, -0.05) is 65.2 Å². The maximum atomic E-state index is 11.7. The molecular formula is C17H33NO3. The Morgan fingerprint density at radius 2 is 1.43 bits per heavy atom. The topological polar surface area (TPSA) is 66.4 Å². The Bertz CT molecular complexity index is 279. The van der Waals surface area contributed by atoms with Crippen LogP contribution in [0.3, 0.4) is 0 Å². The van der Waals surface area contributed by atoms with Gasteiger partial charge < -0.3 is 10.4 Å². The molecule has 1 atom stereocenters. The molecule has 0 aliphatic carbocycles. The number of carbonyl (C=O) groups excluding carboxylic acids is 1. The fraction of sp³-hybridized carbons (Fsp3) is 0.882. The summed E-state index contributed by atoms with van der Waals surface area (Å²) in [5.41, 5.74) is 0. The molecule has 0 heterocycles. The van der Waals surface area contributed by atoms with Crippen LogP contribution in [0.1, 0.15) is 90.9 Å². The smallest absolute Gasteiger partial charge is 0.305 e. The number of amides is 1. The molecule has 4 heteroatoms. The van der Waals surface area contributed by atoms with Crippen LogP contribution in [0.15, 0.2) is 0 Å². The molecule has 1 amide bonds. The van der Waals surface area contributed by atoms with Crippen LogP contribution in [-0.2, 0) is 9.59 Å². The molecule has 0 bridgehead atoms. The van der Waals surface area contributed by atoms with Crippen LogP contribution in [0.2, 0.25) is 0 Å². The Morgan fingerprint density at radius 1 is 0.905 bits per heavy atom. The third-order valence-corrected chi connectivity index (χ3v) is 3.79. The number of hydrogen-bond donors (Lipinski definition) is 2. The first-order chi connectivity index (χ1) is 10.1. The SMILES string of the molecule is CCCCCCCCCCCC(=O)NC(CC)CC(=O)O. The van der Waals surface area contributed by atoms with Crippen molar-refractivity contribution in [3.05, 3.63) is 0 Å². The molecule has 0 rings (SSSR count). The Morgan fingerprint density at radius 3 is 1.90 bits per heavy atom. The van der Waals surface area contributed by atoms with E-state index in [0.29, 0.717) is 12.8 Å². The first-order valence-electron chi connectivity index (χ1n) is 8.61. The van der Waals surface area contributed by atoms with Crippen molar-refractivity contribution in [1.82, 2.24) is 5.32 Å². The third kappa shape index (κ3) is 13.7. The van der Waals surface area contributed by atoms with Gasteiger partial charge in [0.2, 0.25) is 5.91 Å². The second-order valence-corrected chi connectivity index (χ2v) is 5.85. The van der Waals surface area contributed by atoms with E-state index in [1.807, 2.05) is 6.92 Å². The number of carbonyl (C=O) groups is 2. The Labute approximate surface area is 129 Å². The minimum atomic E-state index is -0.856. The van der Waals surface area contributed by atoms with Gasteiger partial charge in [-0.15, -0.1) is 0 Å². The average Bonchev–Trinajstić information content (AvgIpc) is 2.44. The van der Waals surface area contributed by atoms with E-state index < -0.39 is 5.97 Å². The van der Waals surface area contributed by atoms with Crippen LogP contribution >= 0.6 is 0 Å². The lowest BCUT2D eigenvalue weighted by Gasteiger charge is -2.14. The van der Waals surface area contributed by atoms with Crippen LogP contribution in [0.5, 0.6) is 0 Å². The minimum absolute atomic E-state index is 0.00829. The molecule has 4 nitrogen and oxygen atoms in total. The van der Waals surface area contributed by atoms with E-state index in [4.69, 9.17) is 5.11 Å². The molecule has 124 valence electrons. The quantitative estimate of drug-likeness (QED) is 0.470. The van der Waals surface area contributed by atoms with Crippen molar-refractivity contribution in [3.8, 4) is 0 Å². The molecule has 0 aromatic rings. The molecule has 0 aromatic carbocycles. The Kier molecular flexibility index (Phi) is 13.2. The molecule has 0 aliphatic heterocycles. The summed E-state index contributed by atoms with van der Waals surface area (Å²) in [7, 11) is 0. The van der Waals surface area contributed by atoms with Crippen LogP contribution < -0.4 is 5.32 Å². The van der Waals surface area contributed by atoms with Crippen LogP contribution in [-0.4, -0.2) is 23.0 Å². The van der Waals surface area contributed by atoms with Crippen LogP contribution in [0.4, 0.5) is 0 Å². The summed E-state index contributed by atoms with van der Waals surface area (Å²) in [6, 6.07) is -0.228. The van der Waals surface area contributed by atoms with Crippen molar-refractivity contribution >= 4 is 11.9 Å². The Balaban J connectivity index is 3.46. The summed E-state index contributed by atoms with van der Waals surface area (Å²) < 4.78 is 0. The number of aliphatic carboxylic acids is 1. The van der Waals surface area contributed by atoms with Gasteiger partial charge in [0.15, 0.2) is 0 Å². The maximum absolute atomic E-state index is 11.7. The summed E-state index contributed by atoms with van der Waals surface area (Å²) in [5.74, 6) is -0.865. The van der Waals surface area contributed by atoms with Crippen molar-refractivity contribution in [3.63, 3.8) is 0 Å². The molecular weight excluding hydrogens is 266 g/mol. The number of hydrogen-bond acceptors (Lipinski definition) is 2. The number of carboxylic acid groups (broad SMARTS) is 1. The number of carboxylic acids is 1. The van der Waals surface area contributed by atoms with E-state index in [1.54, 1.807) is 0 Å². The number of nitrogens with one attached hydrogen (secondary N) is 1. The fourth-order valence-electron chi connectivity index (χ4n) is 2.40. The van der Waals surface area contributed by atoms with Crippen molar-refractivity contribution in [2.45, 2.75) is 96.9 Å². The summed E-state index contributed by atoms with van der Waals surface area (Å²) in [4.78, 5) is 22.3. The largest absolute Gasteiger partial charge is 0.481 e. The van der Waals surface area contributed by atoms with Gasteiger partial charge >= 0.3 is 5.97 Å². The van der Waals surface area contributed by atoms with Crippen molar-refractivity contribution in [2.75, 3.05) is 0 Å². The number of rotatable bonds is 14. The first kappa shape index (κ1) is 19.9. The molecule has 0 spiro atoms. The first-order valence-corrected chi connectivity index (χ1v) is 8.61. The fourth-order valence-corrected chi connectivity index (χ4v) is 2.40. The summed E-state index contributed by atoms with van der Waals surface area (Å²) in [5, 5.41) is 11.5. The van der Waals surface area contributed by atoms with Gasteiger partial charge in [0, 0.05) is 12.5 Å². The van der Waals surface area contributed by atoms with E-state index >= 15 is 0 Å². The highest BCUT2D eigenvalue weighted by Gasteiger charge is 2.13. The van der Waals surface area contributed by atoms with Crippen molar-refractivity contribution in [1.29, 1.82) is 0 Å². The zero-order valence-corrected chi connectivity index (χ0v) is 13.8. The summed E-state index contributed by atoms with van der Waals surface area (Å²) in [6.07, 6.45) is 12.3. The minimum Gasteiger partial charge on any atom is -0.481 e. The lowest BCUT2D eigenvalue weighted by atomic mass is 10.1. The van der Waals surface area contributed by atoms with Gasteiger partial charge in [-0.3, -0.25) is 9.59 Å². The highest BCUT2D eigenvalue weighted by molar-refractivity contribution is 5.77. The van der Waals surface area contributed by atoms with Gasteiger partial charge in [0.1, 0.15) is 0 Å². The van der Waals surface area contributed by atoms with Crippen molar-refractivity contribution in [2.24, 2.45) is 0 Å². The van der Waals surface area contributed by atoms with E-state index in [0.717, 1.165) is 12.8 Å². The standard InChI is InChI=1S/C17H33NO3/c1-3-5-6-7-8-9-10-11-12-13-16(19)18-15(4-2)14-17(20)21/h15H,3-14H2,1-2H3,(H,18,19)(H,20,21). The average molecular weight is 299 g/mol. The Hall–Kier alpha value is -1.06. The van der Waals surface area contributed by atoms with E-state index in [1.165, 1.54) is 44.9 Å². The zero-order chi connectivity index (χ0) is 15.9. The predicted octanol–water partition coefficient (Wildman–Crippen LogP) is 4.28. The van der Waals surface area contributed by atoms with E-state index in [9.17, 15) is 9.59 Å². The molecule has 0 radical (unpaired) electrons. The van der Waals surface area contributed by atoms with Crippen LogP contribution in [0.25, 0.3) is 0 Å². The van der Waals surface area contributed by atoms with Crippen molar-refractivity contribution < 1.29 is 14.7 Å². The molecule has 2 N–H and O–H groups in total. The van der Waals surface area contributed by atoms with Gasteiger partial charge in [0.05, 0.1) is 6.42 Å². The van der Waals surface area contributed by atoms with Gasteiger partial charge in [-0.2, -0.15) is 0 Å². The van der Waals surface area contributed by atoms with Gasteiger partial charge in [0.25, 0.3) is 0 Å². The molecule has 0 saturated heterocycles. The highest BCUT2D eigenvalue weighted by Crippen LogP contribution is 2.10. The normalized spacial score (nSPS) is 12.1. The second-order valence-electron chi connectivity index (χ2n) is 5.85. The van der Waals surface area contributed by atoms with Crippen LogP contribution in [0, 0.1) is 0 Å². The molecule has 1 unspecified atom stereocenters. The maximum Gasteiger partial charge on any atom is 0.305 e. The van der Waals surface area contributed by atoms with E-state index in [-0.39, 0.29) is 18.4 Å². The van der Waals surface area contributed by atoms with E-state index in [2.05, 4.69) is 12.2 Å². The second kappa shape index (κ2) is 13.9.